The number of amides is 1. The molecular formula is C25H22ClN3O3S. The molecule has 6 nitrogen and oxygen atoms in total. The largest absolute Gasteiger partial charge is 0.485 e. The van der Waals surface area contributed by atoms with Crippen LogP contribution in [0.3, 0.4) is 0 Å². The maximum atomic E-state index is 12.8. The van der Waals surface area contributed by atoms with Gasteiger partial charge >= 0.3 is 0 Å². The van der Waals surface area contributed by atoms with Crippen LogP contribution in [0, 0.1) is 6.92 Å². The molecule has 4 aromatic rings. The number of rotatable bonds is 5. The molecule has 0 unspecified atom stereocenters. The Hall–Kier alpha value is -3.16. The van der Waals surface area contributed by atoms with E-state index >= 15 is 0 Å². The number of nitrogens with zero attached hydrogens (tertiary/aromatic N) is 2. The average molecular weight is 480 g/mol. The van der Waals surface area contributed by atoms with Crippen molar-refractivity contribution >= 4 is 39.5 Å². The fourth-order valence-electron chi connectivity index (χ4n) is 4.03. The molecule has 8 heteroatoms. The van der Waals surface area contributed by atoms with Crippen molar-refractivity contribution in [3.63, 3.8) is 0 Å². The van der Waals surface area contributed by atoms with E-state index < -0.39 is 0 Å². The number of aryl methyl sites for hydroxylation is 3. The van der Waals surface area contributed by atoms with Crippen LogP contribution in [0.1, 0.15) is 45.0 Å². The highest BCUT2D eigenvalue weighted by atomic mass is 35.5. The minimum atomic E-state index is -0.260. The number of halogens is 1. The Morgan fingerprint density at radius 2 is 1.94 bits per heavy atom. The molecule has 2 heterocycles. The molecule has 5 rings (SSSR count). The number of benzene rings is 2. The second-order valence-corrected chi connectivity index (χ2v) is 9.63. The van der Waals surface area contributed by atoms with Crippen molar-refractivity contribution in [3.05, 3.63) is 91.3 Å². The van der Waals surface area contributed by atoms with Crippen LogP contribution in [0.4, 0.5) is 5.69 Å². The number of carbonyl (C=O) groups excluding carboxylic acids is 1. The Morgan fingerprint density at radius 3 is 2.76 bits per heavy atom. The first-order chi connectivity index (χ1) is 16.0. The number of aromatic nitrogens is 2. The van der Waals surface area contributed by atoms with Crippen molar-refractivity contribution in [2.45, 2.75) is 39.2 Å². The Morgan fingerprint density at radius 1 is 1.15 bits per heavy atom. The average Bonchev–Trinajstić information content (AvgIpc) is 3.18. The van der Waals surface area contributed by atoms with Crippen LogP contribution in [0.25, 0.3) is 4.96 Å². The molecule has 0 spiro atoms. The van der Waals surface area contributed by atoms with Crippen molar-refractivity contribution in [2.24, 2.45) is 0 Å². The van der Waals surface area contributed by atoms with Crippen LogP contribution in [0.15, 0.2) is 53.3 Å². The molecule has 1 amide bonds. The van der Waals surface area contributed by atoms with Gasteiger partial charge in [-0.3, -0.25) is 14.0 Å². The van der Waals surface area contributed by atoms with Gasteiger partial charge in [-0.2, -0.15) is 0 Å². The summed E-state index contributed by atoms with van der Waals surface area (Å²) in [6, 6.07) is 13.8. The van der Waals surface area contributed by atoms with Crippen LogP contribution in [0.5, 0.6) is 5.75 Å². The summed E-state index contributed by atoms with van der Waals surface area (Å²) in [5.74, 6) is 0.249. The third-order valence-corrected chi connectivity index (χ3v) is 7.07. The summed E-state index contributed by atoms with van der Waals surface area (Å²) in [6.45, 7) is 2.07. The molecule has 168 valence electrons. The third kappa shape index (κ3) is 4.51. The second-order valence-electron chi connectivity index (χ2n) is 8.13. The summed E-state index contributed by atoms with van der Waals surface area (Å²) in [5, 5.41) is 3.47. The van der Waals surface area contributed by atoms with Gasteiger partial charge in [0.2, 0.25) is 0 Å². The lowest BCUT2D eigenvalue weighted by molar-refractivity contribution is 0.102. The molecule has 33 heavy (non-hydrogen) atoms. The lowest BCUT2D eigenvalue weighted by Gasteiger charge is -2.14. The second kappa shape index (κ2) is 9.00. The molecule has 1 aliphatic rings. The Labute approximate surface area is 199 Å². The number of carbonyl (C=O) groups is 1. The lowest BCUT2D eigenvalue weighted by Crippen LogP contribution is -2.18. The zero-order valence-corrected chi connectivity index (χ0v) is 19.6. The van der Waals surface area contributed by atoms with Crippen molar-refractivity contribution in [1.29, 1.82) is 0 Å². The third-order valence-electron chi connectivity index (χ3n) is 5.68. The predicted molar refractivity (Wildman–Crippen MR) is 131 cm³/mol. The number of hydrogen-bond acceptors (Lipinski definition) is 5. The highest BCUT2D eigenvalue weighted by molar-refractivity contribution is 7.17. The zero-order valence-electron chi connectivity index (χ0n) is 18.1. The van der Waals surface area contributed by atoms with Gasteiger partial charge in [0.1, 0.15) is 12.4 Å². The number of anilines is 1. The first-order valence-electron chi connectivity index (χ1n) is 10.8. The number of ether oxygens (including phenoxy) is 1. The first-order valence-corrected chi connectivity index (χ1v) is 12.0. The van der Waals surface area contributed by atoms with E-state index in [4.69, 9.17) is 16.3 Å². The van der Waals surface area contributed by atoms with Crippen LogP contribution in [0.2, 0.25) is 5.02 Å². The zero-order chi connectivity index (χ0) is 22.9. The summed E-state index contributed by atoms with van der Waals surface area (Å²) in [5.41, 5.74) is 3.63. The van der Waals surface area contributed by atoms with Gasteiger partial charge in [0.05, 0.1) is 11.4 Å². The molecule has 0 saturated carbocycles. The van der Waals surface area contributed by atoms with Gasteiger partial charge in [-0.05, 0) is 74.6 Å². The monoisotopic (exact) mass is 479 g/mol. The lowest BCUT2D eigenvalue weighted by atomic mass is 10.0. The van der Waals surface area contributed by atoms with E-state index in [1.54, 1.807) is 40.0 Å². The van der Waals surface area contributed by atoms with Crippen LogP contribution in [-0.4, -0.2) is 15.3 Å². The summed E-state index contributed by atoms with van der Waals surface area (Å²) >= 11 is 7.51. The number of thiazole rings is 1. The Kier molecular flexibility index (Phi) is 5.91. The fourth-order valence-corrected chi connectivity index (χ4v) is 5.39. The SMILES string of the molecule is Cc1ccc(OCc2cc(=O)n3c4c(sc3n2)CCCC4)c(NC(=O)c2ccc(Cl)cc2)c1. The minimum Gasteiger partial charge on any atom is -0.485 e. The molecule has 0 atom stereocenters. The smallest absolute Gasteiger partial charge is 0.259 e. The van der Waals surface area contributed by atoms with Crippen LogP contribution < -0.4 is 15.6 Å². The molecule has 0 fully saturated rings. The fraction of sp³-hybridized carbons (Fsp3) is 0.240. The van der Waals surface area contributed by atoms with Crippen molar-refractivity contribution in [3.8, 4) is 5.75 Å². The summed E-state index contributed by atoms with van der Waals surface area (Å²) in [6.07, 6.45) is 4.19. The van der Waals surface area contributed by atoms with Crippen LogP contribution in [-0.2, 0) is 19.4 Å². The molecule has 0 aliphatic heterocycles. The number of nitrogens with one attached hydrogen (secondary N) is 1. The summed E-state index contributed by atoms with van der Waals surface area (Å²) in [7, 11) is 0. The van der Waals surface area contributed by atoms with E-state index in [0.717, 1.165) is 36.9 Å². The van der Waals surface area contributed by atoms with Crippen LogP contribution >= 0.6 is 22.9 Å². The van der Waals surface area contributed by atoms with E-state index in [2.05, 4.69) is 10.3 Å². The summed E-state index contributed by atoms with van der Waals surface area (Å²) in [4.78, 5) is 32.1. The Balaban J connectivity index is 1.37. The van der Waals surface area contributed by atoms with Gasteiger partial charge in [-0.15, -0.1) is 11.3 Å². The van der Waals surface area contributed by atoms with Crippen molar-refractivity contribution in [1.82, 2.24) is 9.38 Å². The van der Waals surface area contributed by atoms with Crippen molar-refractivity contribution < 1.29 is 9.53 Å². The normalized spacial score (nSPS) is 13.0. The predicted octanol–water partition coefficient (Wildman–Crippen LogP) is 5.43. The van der Waals surface area contributed by atoms with E-state index in [9.17, 15) is 9.59 Å². The van der Waals surface area contributed by atoms with Gasteiger partial charge in [-0.1, -0.05) is 17.7 Å². The van der Waals surface area contributed by atoms with Gasteiger partial charge < -0.3 is 10.1 Å². The van der Waals surface area contributed by atoms with Gasteiger partial charge in [0, 0.05) is 27.2 Å². The highest BCUT2D eigenvalue weighted by Gasteiger charge is 2.19. The Bertz CT molecular complexity index is 1410. The highest BCUT2D eigenvalue weighted by Crippen LogP contribution is 2.29. The van der Waals surface area contributed by atoms with Crippen molar-refractivity contribution in [2.75, 3.05) is 5.32 Å². The minimum absolute atomic E-state index is 0.0711. The molecule has 0 saturated heterocycles. The topological polar surface area (TPSA) is 72.7 Å². The van der Waals surface area contributed by atoms with Gasteiger partial charge in [-0.25, -0.2) is 4.98 Å². The first kappa shape index (κ1) is 21.7. The molecule has 1 aliphatic carbocycles. The molecular weight excluding hydrogens is 458 g/mol. The van der Waals surface area contributed by atoms with E-state index in [1.807, 2.05) is 25.1 Å². The van der Waals surface area contributed by atoms with E-state index in [1.165, 1.54) is 10.9 Å². The number of hydrogen-bond donors (Lipinski definition) is 1. The quantitative estimate of drug-likeness (QED) is 0.414. The molecule has 1 N–H and O–H groups in total. The molecule has 2 aromatic carbocycles. The standard InChI is InChI=1S/C25H22ClN3O3S/c1-15-6-11-21(19(12-15)28-24(31)16-7-9-17(26)10-8-16)32-14-18-13-23(30)29-20-4-2-3-5-22(20)33-25(29)27-18/h6-13H,2-5,14H2,1H3,(H,28,31). The van der Waals surface area contributed by atoms with Gasteiger partial charge in [0.15, 0.2) is 4.96 Å². The van der Waals surface area contributed by atoms with E-state index in [-0.39, 0.29) is 18.1 Å². The number of fused-ring (bicyclic) bond motifs is 3. The van der Waals surface area contributed by atoms with E-state index in [0.29, 0.717) is 32.7 Å². The molecule has 0 bridgehead atoms. The molecule has 2 aromatic heterocycles. The summed E-state index contributed by atoms with van der Waals surface area (Å²) < 4.78 is 7.74. The maximum absolute atomic E-state index is 12.8. The maximum Gasteiger partial charge on any atom is 0.259 e. The van der Waals surface area contributed by atoms with Gasteiger partial charge in [0.25, 0.3) is 11.5 Å². The molecule has 0 radical (unpaired) electrons.